The average molecular weight is 647 g/mol. The van der Waals surface area contributed by atoms with Crippen molar-refractivity contribution in [1.29, 1.82) is 5.26 Å². The maximum Gasteiger partial charge on any atom is 0.408 e. The molecule has 48 heavy (non-hydrogen) atoms. The molecule has 0 spiro atoms. The van der Waals surface area contributed by atoms with Crippen molar-refractivity contribution in [2.45, 2.75) is 63.3 Å². The number of alkyl carbamates (subject to hydrolysis) is 1. The summed E-state index contributed by atoms with van der Waals surface area (Å²) >= 11 is 0. The predicted molar refractivity (Wildman–Crippen MR) is 184 cm³/mol. The van der Waals surface area contributed by atoms with Crippen molar-refractivity contribution in [2.24, 2.45) is 0 Å². The van der Waals surface area contributed by atoms with Crippen LogP contribution in [-0.4, -0.2) is 47.3 Å². The van der Waals surface area contributed by atoms with E-state index >= 15 is 0 Å². The first kappa shape index (κ1) is 35.4. The third-order valence-electron chi connectivity index (χ3n) is 7.76. The zero-order valence-corrected chi connectivity index (χ0v) is 27.5. The smallest absolute Gasteiger partial charge is 0.408 e. The molecule has 0 radical (unpaired) electrons. The summed E-state index contributed by atoms with van der Waals surface area (Å²) in [6.45, 7) is 4.74. The Morgan fingerprint density at radius 1 is 0.771 bits per heavy atom. The van der Waals surface area contributed by atoms with E-state index in [2.05, 4.69) is 22.0 Å². The van der Waals surface area contributed by atoms with E-state index in [0.717, 1.165) is 16.7 Å². The molecule has 248 valence electrons. The van der Waals surface area contributed by atoms with Gasteiger partial charge in [0.15, 0.2) is 0 Å². The highest BCUT2D eigenvalue weighted by molar-refractivity contribution is 5.86. The molecule has 0 aliphatic heterocycles. The second kappa shape index (κ2) is 16.4. The van der Waals surface area contributed by atoms with E-state index < -0.39 is 41.8 Å². The summed E-state index contributed by atoms with van der Waals surface area (Å²) < 4.78 is 5.38. The second-order valence-electron chi connectivity index (χ2n) is 12.5. The van der Waals surface area contributed by atoms with Crippen LogP contribution in [0.25, 0.3) is 0 Å². The van der Waals surface area contributed by atoms with Crippen molar-refractivity contribution in [1.82, 2.24) is 16.0 Å². The van der Waals surface area contributed by atoms with Crippen LogP contribution < -0.4 is 16.0 Å². The van der Waals surface area contributed by atoms with Crippen molar-refractivity contribution in [2.75, 3.05) is 6.61 Å². The van der Waals surface area contributed by atoms with Crippen LogP contribution in [-0.2, 0) is 26.3 Å². The van der Waals surface area contributed by atoms with Crippen LogP contribution >= 0.6 is 0 Å². The number of nitriles is 1. The maximum atomic E-state index is 13.8. The van der Waals surface area contributed by atoms with E-state index in [1.165, 1.54) is 0 Å². The molecule has 0 aliphatic rings. The average Bonchev–Trinajstić information content (AvgIpc) is 3.09. The van der Waals surface area contributed by atoms with Crippen LogP contribution in [0.2, 0.25) is 0 Å². The molecular weight excluding hydrogens is 604 g/mol. The fraction of sp³-hybridized carbons (Fsp3) is 0.282. The Bertz CT molecular complexity index is 1590. The second-order valence-corrected chi connectivity index (χ2v) is 12.5. The third-order valence-corrected chi connectivity index (χ3v) is 7.76. The van der Waals surface area contributed by atoms with Crippen LogP contribution in [0.1, 0.15) is 61.4 Å². The van der Waals surface area contributed by atoms with Crippen molar-refractivity contribution in [3.05, 3.63) is 143 Å². The van der Waals surface area contributed by atoms with E-state index in [0.29, 0.717) is 11.1 Å². The topological polar surface area (TPSA) is 141 Å². The normalized spacial score (nSPS) is 12.6. The van der Waals surface area contributed by atoms with Gasteiger partial charge in [-0.3, -0.25) is 9.59 Å². The van der Waals surface area contributed by atoms with Gasteiger partial charge in [0.05, 0.1) is 24.3 Å². The zero-order chi connectivity index (χ0) is 34.6. The number of nitrogens with zero attached hydrogens (tertiary/aromatic N) is 1. The van der Waals surface area contributed by atoms with E-state index in [4.69, 9.17) is 10.00 Å². The molecule has 0 saturated carbocycles. The fourth-order valence-electron chi connectivity index (χ4n) is 5.48. The first-order chi connectivity index (χ1) is 23.0. The summed E-state index contributed by atoms with van der Waals surface area (Å²) in [5.41, 5.74) is 2.03. The van der Waals surface area contributed by atoms with E-state index in [-0.39, 0.29) is 25.2 Å². The minimum absolute atomic E-state index is 0.000456. The van der Waals surface area contributed by atoms with Gasteiger partial charge in [-0.2, -0.15) is 5.26 Å². The summed E-state index contributed by atoms with van der Waals surface area (Å²) in [5.74, 6) is -0.822. The van der Waals surface area contributed by atoms with Gasteiger partial charge in [0.2, 0.25) is 11.8 Å². The molecule has 9 heteroatoms. The summed E-state index contributed by atoms with van der Waals surface area (Å²) in [7, 11) is 0. The molecule has 0 bridgehead atoms. The Hall–Kier alpha value is -5.46. The Labute approximate surface area is 282 Å². The number of benzene rings is 4. The van der Waals surface area contributed by atoms with E-state index in [9.17, 15) is 19.5 Å². The lowest BCUT2D eigenvalue weighted by molar-refractivity contribution is -0.125. The molecule has 0 fully saturated rings. The van der Waals surface area contributed by atoms with Gasteiger partial charge in [0.25, 0.3) is 0 Å². The fourth-order valence-corrected chi connectivity index (χ4v) is 5.48. The van der Waals surface area contributed by atoms with Gasteiger partial charge in [-0.05, 0) is 61.6 Å². The van der Waals surface area contributed by atoms with Crippen LogP contribution in [0.15, 0.2) is 115 Å². The minimum Gasteiger partial charge on any atom is -0.444 e. The number of carbonyl (C=O) groups is 3. The molecule has 9 nitrogen and oxygen atoms in total. The lowest BCUT2D eigenvalue weighted by Gasteiger charge is -2.37. The van der Waals surface area contributed by atoms with Gasteiger partial charge in [0, 0.05) is 12.8 Å². The monoisotopic (exact) mass is 646 g/mol. The van der Waals surface area contributed by atoms with Crippen LogP contribution in [0.4, 0.5) is 4.79 Å². The van der Waals surface area contributed by atoms with Crippen molar-refractivity contribution in [3.8, 4) is 6.07 Å². The molecule has 2 atom stereocenters. The number of carbonyl (C=O) groups excluding carboxylic acids is 3. The maximum absolute atomic E-state index is 13.8. The Kier molecular flexibility index (Phi) is 12.1. The number of aliphatic hydroxyl groups is 1. The van der Waals surface area contributed by atoms with E-state index in [1.807, 2.05) is 91.0 Å². The molecule has 3 amide bonds. The molecule has 4 rings (SSSR count). The summed E-state index contributed by atoms with van der Waals surface area (Å²) in [6, 6.07) is 36.1. The number of hydrogen-bond acceptors (Lipinski definition) is 6. The molecule has 0 saturated heterocycles. The SMILES string of the molecule is CC(C)(C)OC(=O)N[C@@H](Cc1ccc(C#N)cc1)C(=O)N[C@H](CO)CCC(=O)NC(c1ccccc1)(c1ccccc1)c1ccccc1. The largest absolute Gasteiger partial charge is 0.444 e. The molecule has 0 aromatic heterocycles. The molecule has 0 aliphatic carbocycles. The van der Waals surface area contributed by atoms with Gasteiger partial charge in [-0.25, -0.2) is 4.79 Å². The zero-order valence-electron chi connectivity index (χ0n) is 27.5. The first-order valence-electron chi connectivity index (χ1n) is 15.9. The third kappa shape index (κ3) is 9.53. The number of rotatable bonds is 13. The van der Waals surface area contributed by atoms with Crippen molar-refractivity contribution in [3.63, 3.8) is 0 Å². The van der Waals surface area contributed by atoms with Gasteiger partial charge >= 0.3 is 6.09 Å². The lowest BCUT2D eigenvalue weighted by atomic mass is 9.77. The molecule has 4 aromatic carbocycles. The Morgan fingerprint density at radius 2 is 1.27 bits per heavy atom. The molecule has 0 unspecified atom stereocenters. The van der Waals surface area contributed by atoms with Gasteiger partial charge < -0.3 is 25.8 Å². The summed E-state index contributed by atoms with van der Waals surface area (Å²) in [5, 5.41) is 28.1. The molecule has 4 aromatic rings. The molecule has 0 heterocycles. The van der Waals surface area contributed by atoms with Gasteiger partial charge in [-0.15, -0.1) is 0 Å². The van der Waals surface area contributed by atoms with Gasteiger partial charge in [-0.1, -0.05) is 103 Å². The minimum atomic E-state index is -1.04. The first-order valence-corrected chi connectivity index (χ1v) is 15.9. The number of aliphatic hydroxyl groups excluding tert-OH is 1. The van der Waals surface area contributed by atoms with E-state index in [1.54, 1.807) is 45.0 Å². The number of ether oxygens (including phenoxy) is 1. The molecule has 4 N–H and O–H groups in total. The van der Waals surface area contributed by atoms with Crippen LogP contribution in [0.3, 0.4) is 0 Å². The lowest BCUT2D eigenvalue weighted by Crippen LogP contribution is -2.52. The quantitative estimate of drug-likeness (QED) is 0.144. The highest BCUT2D eigenvalue weighted by Gasteiger charge is 2.38. The molecular formula is C39H42N4O5. The summed E-state index contributed by atoms with van der Waals surface area (Å²) in [6.07, 6.45) is -0.517. The summed E-state index contributed by atoms with van der Waals surface area (Å²) in [4.78, 5) is 40.0. The Balaban J connectivity index is 1.52. The predicted octanol–water partition coefficient (Wildman–Crippen LogP) is 5.36. The van der Waals surface area contributed by atoms with Crippen molar-refractivity contribution < 1.29 is 24.2 Å². The number of nitrogens with one attached hydrogen (secondary N) is 3. The van der Waals surface area contributed by atoms with Crippen molar-refractivity contribution >= 4 is 17.9 Å². The Morgan fingerprint density at radius 3 is 1.71 bits per heavy atom. The number of hydrogen-bond donors (Lipinski definition) is 4. The highest BCUT2D eigenvalue weighted by Crippen LogP contribution is 2.37. The highest BCUT2D eigenvalue weighted by atomic mass is 16.6. The number of amides is 3. The van der Waals surface area contributed by atoms with Gasteiger partial charge in [0.1, 0.15) is 17.2 Å². The standard InChI is InChI=1S/C39H42N4O5/c1-38(2,3)48-37(47)42-34(25-28-19-21-29(26-40)22-20-28)36(46)41-33(27-44)23-24-35(45)43-39(30-13-7-4-8-14-30,31-15-9-5-10-16-31)32-17-11-6-12-18-32/h4-22,33-34,44H,23-25,27H2,1-3H3,(H,41,46)(H,42,47)(H,43,45)/t33-,34-/m0/s1. The van der Waals surface area contributed by atoms with Crippen LogP contribution in [0.5, 0.6) is 0 Å². The van der Waals surface area contributed by atoms with Crippen LogP contribution in [0, 0.1) is 11.3 Å².